The average Bonchev–Trinajstić information content (AvgIpc) is 2.43. The van der Waals surface area contributed by atoms with Crippen molar-refractivity contribution in [1.29, 1.82) is 0 Å². The molecule has 2 N–H and O–H groups in total. The summed E-state index contributed by atoms with van der Waals surface area (Å²) < 4.78 is 21.4. The van der Waals surface area contributed by atoms with Gasteiger partial charge in [-0.2, -0.15) is 0 Å². The van der Waals surface area contributed by atoms with Gasteiger partial charge in [0, 0.05) is 13.2 Å². The molecule has 0 rings (SSSR count). The Morgan fingerprint density at radius 1 is 0.842 bits per heavy atom. The van der Waals surface area contributed by atoms with E-state index in [-0.39, 0.29) is 0 Å². The van der Waals surface area contributed by atoms with Gasteiger partial charge >= 0.3 is 0 Å². The van der Waals surface area contributed by atoms with Gasteiger partial charge in [0.1, 0.15) is 0 Å². The zero-order chi connectivity index (χ0) is 14.2. The van der Waals surface area contributed by atoms with E-state index in [1.54, 1.807) is 0 Å². The normalized spacial score (nSPS) is 10.8. The summed E-state index contributed by atoms with van der Waals surface area (Å²) >= 11 is 0. The minimum atomic E-state index is 0.467. The van der Waals surface area contributed by atoms with Crippen molar-refractivity contribution in [3.8, 4) is 0 Å². The molecule has 0 unspecified atom stereocenters. The third-order valence-electron chi connectivity index (χ3n) is 2.35. The monoisotopic (exact) mass is 275 g/mol. The van der Waals surface area contributed by atoms with Crippen molar-refractivity contribution in [3.05, 3.63) is 12.2 Å². The van der Waals surface area contributed by atoms with Gasteiger partial charge in [-0.3, -0.25) is 0 Å². The molecule has 0 saturated carbocycles. The van der Waals surface area contributed by atoms with E-state index in [2.05, 4.69) is 13.5 Å². The van der Waals surface area contributed by atoms with Gasteiger partial charge in [0.15, 0.2) is 0 Å². The van der Waals surface area contributed by atoms with Crippen LogP contribution in [0.1, 0.15) is 19.8 Å². The molecule has 0 bridgehead atoms. The predicted molar refractivity (Wildman–Crippen MR) is 76.4 cm³/mol. The summed E-state index contributed by atoms with van der Waals surface area (Å²) in [7, 11) is 0. The second-order valence-corrected chi connectivity index (χ2v) is 4.20. The van der Waals surface area contributed by atoms with Crippen molar-refractivity contribution in [3.63, 3.8) is 0 Å². The fourth-order valence-corrected chi connectivity index (χ4v) is 1.18. The van der Waals surface area contributed by atoms with Crippen LogP contribution in [0.5, 0.6) is 0 Å². The summed E-state index contributed by atoms with van der Waals surface area (Å²) in [5, 5.41) is 0. The van der Waals surface area contributed by atoms with Gasteiger partial charge in [-0.25, -0.2) is 0 Å². The van der Waals surface area contributed by atoms with Crippen LogP contribution in [0, 0.1) is 0 Å². The molecular formula is C14H29NO4. The Labute approximate surface area is 117 Å². The van der Waals surface area contributed by atoms with Crippen molar-refractivity contribution < 1.29 is 18.9 Å². The Hall–Kier alpha value is -0.460. The summed E-state index contributed by atoms with van der Waals surface area (Å²) in [6.45, 7) is 11.3. The maximum Gasteiger partial charge on any atom is 0.0704 e. The maximum atomic E-state index is 5.38. The van der Waals surface area contributed by atoms with E-state index in [0.717, 1.165) is 25.0 Å². The SMILES string of the molecule is C=C(CN)COCCOCCOCCOCCCC. The molecule has 0 radical (unpaired) electrons. The van der Waals surface area contributed by atoms with Crippen molar-refractivity contribution in [2.24, 2.45) is 5.73 Å². The topological polar surface area (TPSA) is 62.9 Å². The highest BCUT2D eigenvalue weighted by Crippen LogP contribution is 1.89. The van der Waals surface area contributed by atoms with Crippen molar-refractivity contribution >= 4 is 0 Å². The van der Waals surface area contributed by atoms with E-state index in [1.165, 1.54) is 0 Å². The summed E-state index contributed by atoms with van der Waals surface area (Å²) in [4.78, 5) is 0. The van der Waals surface area contributed by atoms with Gasteiger partial charge in [0.2, 0.25) is 0 Å². The number of nitrogens with two attached hydrogens (primary N) is 1. The molecule has 0 heterocycles. The zero-order valence-corrected chi connectivity index (χ0v) is 12.2. The summed E-state index contributed by atoms with van der Waals surface area (Å²) in [5.41, 5.74) is 6.28. The van der Waals surface area contributed by atoms with Crippen LogP contribution in [-0.4, -0.2) is 59.4 Å². The predicted octanol–water partition coefficient (Wildman–Crippen LogP) is 1.37. The Bertz CT molecular complexity index is 200. The minimum Gasteiger partial charge on any atom is -0.379 e. The van der Waals surface area contributed by atoms with Crippen LogP contribution in [0.4, 0.5) is 0 Å². The molecule has 0 spiro atoms. The van der Waals surface area contributed by atoms with Crippen LogP contribution in [0.25, 0.3) is 0 Å². The lowest BCUT2D eigenvalue weighted by Gasteiger charge is -2.07. The fourth-order valence-electron chi connectivity index (χ4n) is 1.18. The molecule has 0 fully saturated rings. The smallest absolute Gasteiger partial charge is 0.0704 e. The summed E-state index contributed by atoms with van der Waals surface area (Å²) in [6.07, 6.45) is 2.27. The molecule has 0 amide bonds. The van der Waals surface area contributed by atoms with Crippen molar-refractivity contribution in [2.75, 3.05) is 59.4 Å². The Morgan fingerprint density at radius 2 is 1.32 bits per heavy atom. The number of ether oxygens (including phenoxy) is 4. The van der Waals surface area contributed by atoms with Gasteiger partial charge in [0.25, 0.3) is 0 Å². The van der Waals surface area contributed by atoms with E-state index < -0.39 is 0 Å². The largest absolute Gasteiger partial charge is 0.379 e. The van der Waals surface area contributed by atoms with Crippen LogP contribution in [0.2, 0.25) is 0 Å². The van der Waals surface area contributed by atoms with Crippen LogP contribution < -0.4 is 5.73 Å². The highest BCUT2D eigenvalue weighted by molar-refractivity contribution is 4.95. The van der Waals surface area contributed by atoms with E-state index in [9.17, 15) is 0 Å². The molecular weight excluding hydrogens is 246 g/mol. The van der Waals surface area contributed by atoms with Gasteiger partial charge in [-0.15, -0.1) is 0 Å². The number of unbranched alkanes of at least 4 members (excludes halogenated alkanes) is 1. The van der Waals surface area contributed by atoms with Gasteiger partial charge in [0.05, 0.1) is 46.2 Å². The lowest BCUT2D eigenvalue weighted by atomic mass is 10.3. The molecule has 0 aromatic carbocycles. The Morgan fingerprint density at radius 3 is 1.79 bits per heavy atom. The van der Waals surface area contributed by atoms with Crippen LogP contribution in [0.15, 0.2) is 12.2 Å². The standard InChI is InChI=1S/C14H29NO4/c1-3-4-5-16-6-7-17-8-9-18-10-11-19-13-14(2)12-15/h2-13,15H2,1H3. The first-order valence-electron chi connectivity index (χ1n) is 6.99. The van der Waals surface area contributed by atoms with Gasteiger partial charge < -0.3 is 24.7 Å². The second kappa shape index (κ2) is 15.6. The lowest BCUT2D eigenvalue weighted by Crippen LogP contribution is -2.13. The van der Waals surface area contributed by atoms with Gasteiger partial charge in [-0.1, -0.05) is 19.9 Å². The first kappa shape index (κ1) is 18.5. The molecule has 0 saturated heterocycles. The fraction of sp³-hybridized carbons (Fsp3) is 0.857. The molecule has 0 aliphatic carbocycles. The van der Waals surface area contributed by atoms with E-state index >= 15 is 0 Å². The van der Waals surface area contributed by atoms with Crippen molar-refractivity contribution in [1.82, 2.24) is 0 Å². The third-order valence-corrected chi connectivity index (χ3v) is 2.35. The van der Waals surface area contributed by atoms with Crippen LogP contribution in [-0.2, 0) is 18.9 Å². The van der Waals surface area contributed by atoms with E-state index in [1.807, 2.05) is 0 Å². The maximum absolute atomic E-state index is 5.38. The second-order valence-electron chi connectivity index (χ2n) is 4.20. The molecule has 0 aromatic rings. The molecule has 114 valence electrons. The molecule has 5 nitrogen and oxygen atoms in total. The summed E-state index contributed by atoms with van der Waals surface area (Å²) in [5.74, 6) is 0. The van der Waals surface area contributed by atoms with Crippen LogP contribution in [0.3, 0.4) is 0 Å². The van der Waals surface area contributed by atoms with Crippen molar-refractivity contribution in [2.45, 2.75) is 19.8 Å². The summed E-state index contributed by atoms with van der Waals surface area (Å²) in [6, 6.07) is 0. The highest BCUT2D eigenvalue weighted by atomic mass is 16.6. The van der Waals surface area contributed by atoms with E-state index in [4.69, 9.17) is 24.7 Å². The average molecular weight is 275 g/mol. The number of hydrogen-bond acceptors (Lipinski definition) is 5. The first-order valence-corrected chi connectivity index (χ1v) is 6.99. The third kappa shape index (κ3) is 15.5. The zero-order valence-electron chi connectivity index (χ0n) is 12.2. The van der Waals surface area contributed by atoms with E-state index in [0.29, 0.717) is 52.8 Å². The highest BCUT2D eigenvalue weighted by Gasteiger charge is 1.93. The molecule has 19 heavy (non-hydrogen) atoms. The first-order chi connectivity index (χ1) is 9.31. The molecule has 5 heteroatoms. The molecule has 0 aliphatic rings. The lowest BCUT2D eigenvalue weighted by molar-refractivity contribution is 0.000102. The molecule has 0 atom stereocenters. The molecule has 0 aliphatic heterocycles. The number of hydrogen-bond donors (Lipinski definition) is 1. The number of rotatable bonds is 15. The molecule has 0 aromatic heterocycles. The van der Waals surface area contributed by atoms with Gasteiger partial charge in [-0.05, 0) is 12.0 Å². The minimum absolute atomic E-state index is 0.467. The quantitative estimate of drug-likeness (QED) is 0.361. The Balaban J connectivity index is 2.97. The Kier molecular flexibility index (Phi) is 15.2. The van der Waals surface area contributed by atoms with Crippen LogP contribution >= 0.6 is 0 Å².